The summed E-state index contributed by atoms with van der Waals surface area (Å²) in [6.45, 7) is 4.86. The van der Waals surface area contributed by atoms with Crippen LogP contribution >= 0.6 is 0 Å². The number of nitrogens with two attached hydrogens (primary N) is 1. The van der Waals surface area contributed by atoms with Gasteiger partial charge in [-0.3, -0.25) is 9.59 Å². The molecule has 0 aliphatic carbocycles. The Labute approximate surface area is 112 Å². The van der Waals surface area contributed by atoms with Crippen molar-refractivity contribution < 1.29 is 19.1 Å². The lowest BCUT2D eigenvalue weighted by atomic mass is 10.1. The second-order valence-corrected chi connectivity index (χ2v) is 5.01. The topological polar surface area (TPSA) is 122 Å². The highest BCUT2D eigenvalue weighted by Crippen LogP contribution is 2.10. The third-order valence-electron chi connectivity index (χ3n) is 2.05. The molecule has 1 amide bonds. The molecule has 0 spiro atoms. The maximum atomic E-state index is 11.9. The van der Waals surface area contributed by atoms with Crippen LogP contribution < -0.4 is 11.1 Å². The minimum absolute atomic E-state index is 0.0156. The third-order valence-corrected chi connectivity index (χ3v) is 2.05. The van der Waals surface area contributed by atoms with Crippen molar-refractivity contribution in [2.24, 2.45) is 5.73 Å². The fourth-order valence-corrected chi connectivity index (χ4v) is 1.23. The molecule has 0 heterocycles. The molecule has 0 aliphatic rings. The van der Waals surface area contributed by atoms with Gasteiger partial charge in [0.2, 0.25) is 5.91 Å². The number of carbonyl (C=O) groups excluding carboxylic acids is 3. The van der Waals surface area contributed by atoms with Gasteiger partial charge in [-0.25, -0.2) is 4.79 Å². The molecule has 4 N–H and O–H groups in total. The Balaban J connectivity index is 4.65. The summed E-state index contributed by atoms with van der Waals surface area (Å²) in [5.74, 6) is -1.54. The molecule has 108 valence electrons. The monoisotopic (exact) mass is 271 g/mol. The fraction of sp³-hybridized carbons (Fsp3) is 0.667. The SMILES string of the molecule is CC(C)(C)OC(=O)C(CCC(=O)C=N)NC(=O)CN. The Hall–Kier alpha value is -1.76. The number of esters is 1. The first-order valence-corrected chi connectivity index (χ1v) is 5.95. The summed E-state index contributed by atoms with van der Waals surface area (Å²) in [6, 6.07) is -0.931. The first-order chi connectivity index (χ1) is 8.69. The number of hydrogen-bond donors (Lipinski definition) is 3. The molecular formula is C12H21N3O4. The first kappa shape index (κ1) is 17.2. The molecule has 0 aliphatic heterocycles. The Morgan fingerprint density at radius 2 is 1.95 bits per heavy atom. The Morgan fingerprint density at radius 1 is 1.37 bits per heavy atom. The molecule has 7 nitrogen and oxygen atoms in total. The van der Waals surface area contributed by atoms with Crippen molar-refractivity contribution in [1.82, 2.24) is 5.32 Å². The van der Waals surface area contributed by atoms with Gasteiger partial charge in [-0.05, 0) is 27.2 Å². The second kappa shape index (κ2) is 7.63. The van der Waals surface area contributed by atoms with Crippen molar-refractivity contribution in [3.8, 4) is 0 Å². The standard InChI is InChI=1S/C12H21N3O4/c1-12(2,3)19-11(18)9(15-10(17)7-14)5-4-8(16)6-13/h6,9,13H,4-5,7,14H2,1-3H3,(H,15,17). The van der Waals surface area contributed by atoms with Crippen LogP contribution in [-0.2, 0) is 19.1 Å². The van der Waals surface area contributed by atoms with E-state index in [0.717, 1.165) is 0 Å². The van der Waals surface area contributed by atoms with E-state index < -0.39 is 29.3 Å². The van der Waals surface area contributed by atoms with E-state index in [1.165, 1.54) is 0 Å². The van der Waals surface area contributed by atoms with Crippen molar-refractivity contribution >= 4 is 23.9 Å². The van der Waals surface area contributed by atoms with E-state index in [4.69, 9.17) is 15.9 Å². The van der Waals surface area contributed by atoms with Crippen molar-refractivity contribution in [1.29, 1.82) is 5.41 Å². The summed E-state index contributed by atoms with van der Waals surface area (Å²) < 4.78 is 5.15. The van der Waals surface area contributed by atoms with Gasteiger partial charge in [-0.2, -0.15) is 0 Å². The predicted molar refractivity (Wildman–Crippen MR) is 69.9 cm³/mol. The average Bonchev–Trinajstić information content (AvgIpc) is 2.31. The van der Waals surface area contributed by atoms with Crippen LogP contribution in [0.25, 0.3) is 0 Å². The molecule has 0 radical (unpaired) electrons. The van der Waals surface area contributed by atoms with Gasteiger partial charge >= 0.3 is 5.97 Å². The summed E-state index contributed by atoms with van der Waals surface area (Å²) >= 11 is 0. The zero-order valence-corrected chi connectivity index (χ0v) is 11.5. The van der Waals surface area contributed by atoms with Crippen LogP contribution in [0.3, 0.4) is 0 Å². The van der Waals surface area contributed by atoms with Crippen LogP contribution in [0.5, 0.6) is 0 Å². The lowest BCUT2D eigenvalue weighted by molar-refractivity contribution is -0.158. The van der Waals surface area contributed by atoms with Gasteiger partial charge in [0.05, 0.1) is 12.8 Å². The molecule has 19 heavy (non-hydrogen) atoms. The minimum Gasteiger partial charge on any atom is -0.458 e. The number of Topliss-reactive ketones (excluding diaryl/α,β-unsaturated/α-hetero) is 1. The van der Waals surface area contributed by atoms with E-state index >= 15 is 0 Å². The van der Waals surface area contributed by atoms with Gasteiger partial charge in [0.1, 0.15) is 11.6 Å². The number of ketones is 1. The fourth-order valence-electron chi connectivity index (χ4n) is 1.23. The van der Waals surface area contributed by atoms with Crippen LogP contribution in [0.15, 0.2) is 0 Å². The lowest BCUT2D eigenvalue weighted by Gasteiger charge is -2.24. The highest BCUT2D eigenvalue weighted by molar-refractivity contribution is 6.26. The highest BCUT2D eigenvalue weighted by Gasteiger charge is 2.26. The Morgan fingerprint density at radius 3 is 2.37 bits per heavy atom. The van der Waals surface area contributed by atoms with Crippen LogP contribution in [-0.4, -0.2) is 42.1 Å². The smallest absolute Gasteiger partial charge is 0.329 e. The Bertz CT molecular complexity index is 360. The predicted octanol–water partition coefficient (Wildman–Crippen LogP) is -0.230. The summed E-state index contributed by atoms with van der Waals surface area (Å²) in [5, 5.41) is 9.19. The van der Waals surface area contributed by atoms with Crippen LogP contribution in [0, 0.1) is 5.41 Å². The van der Waals surface area contributed by atoms with Crippen LogP contribution in [0.1, 0.15) is 33.6 Å². The molecule has 1 atom stereocenters. The minimum atomic E-state index is -0.931. The van der Waals surface area contributed by atoms with Crippen molar-refractivity contribution in [3.05, 3.63) is 0 Å². The lowest BCUT2D eigenvalue weighted by Crippen LogP contribution is -2.46. The largest absolute Gasteiger partial charge is 0.458 e. The molecule has 0 aromatic carbocycles. The zero-order valence-electron chi connectivity index (χ0n) is 11.5. The number of nitrogens with one attached hydrogen (secondary N) is 2. The molecule has 0 bridgehead atoms. The van der Waals surface area contributed by atoms with Gasteiger partial charge in [0.15, 0.2) is 5.78 Å². The maximum Gasteiger partial charge on any atom is 0.329 e. The normalized spacial score (nSPS) is 12.4. The number of amides is 1. The van der Waals surface area contributed by atoms with E-state index in [1.807, 2.05) is 0 Å². The average molecular weight is 271 g/mol. The molecular weight excluding hydrogens is 250 g/mol. The third kappa shape index (κ3) is 8.04. The van der Waals surface area contributed by atoms with Crippen molar-refractivity contribution in [3.63, 3.8) is 0 Å². The number of carbonyl (C=O) groups is 3. The van der Waals surface area contributed by atoms with E-state index in [1.54, 1.807) is 20.8 Å². The molecule has 1 unspecified atom stereocenters. The van der Waals surface area contributed by atoms with E-state index in [9.17, 15) is 14.4 Å². The highest BCUT2D eigenvalue weighted by atomic mass is 16.6. The van der Waals surface area contributed by atoms with Gasteiger partial charge in [0, 0.05) is 6.42 Å². The second-order valence-electron chi connectivity index (χ2n) is 5.01. The molecule has 0 saturated carbocycles. The number of ether oxygens (including phenoxy) is 1. The molecule has 0 rings (SSSR count). The molecule has 7 heteroatoms. The van der Waals surface area contributed by atoms with E-state index in [0.29, 0.717) is 6.21 Å². The van der Waals surface area contributed by atoms with Crippen molar-refractivity contribution in [2.45, 2.75) is 45.3 Å². The number of rotatable bonds is 7. The molecule has 0 fully saturated rings. The summed E-state index contributed by atoms with van der Waals surface area (Å²) in [5.41, 5.74) is 4.48. The first-order valence-electron chi connectivity index (χ1n) is 5.95. The molecule has 0 saturated heterocycles. The van der Waals surface area contributed by atoms with Crippen LogP contribution in [0.4, 0.5) is 0 Å². The van der Waals surface area contributed by atoms with Gasteiger partial charge in [-0.15, -0.1) is 0 Å². The summed E-state index contributed by atoms with van der Waals surface area (Å²) in [4.78, 5) is 34.1. The summed E-state index contributed by atoms with van der Waals surface area (Å²) in [7, 11) is 0. The van der Waals surface area contributed by atoms with Gasteiger partial charge in [0.25, 0.3) is 0 Å². The maximum absolute atomic E-state index is 11.9. The van der Waals surface area contributed by atoms with Gasteiger partial charge in [-0.1, -0.05) is 0 Å². The molecule has 0 aromatic rings. The van der Waals surface area contributed by atoms with E-state index in [2.05, 4.69) is 5.32 Å². The van der Waals surface area contributed by atoms with Crippen LogP contribution in [0.2, 0.25) is 0 Å². The quantitative estimate of drug-likeness (QED) is 0.436. The Kier molecular flexibility index (Phi) is 6.92. The van der Waals surface area contributed by atoms with Gasteiger partial charge < -0.3 is 21.2 Å². The summed E-state index contributed by atoms with van der Waals surface area (Å²) in [6.07, 6.45) is 0.740. The zero-order chi connectivity index (χ0) is 15.1. The number of hydrogen-bond acceptors (Lipinski definition) is 6. The molecule has 0 aromatic heterocycles. The van der Waals surface area contributed by atoms with Crippen molar-refractivity contribution in [2.75, 3.05) is 6.54 Å². The van der Waals surface area contributed by atoms with E-state index in [-0.39, 0.29) is 19.4 Å².